The fourth-order valence-corrected chi connectivity index (χ4v) is 10.5. The van der Waals surface area contributed by atoms with Crippen LogP contribution in [-0.4, -0.2) is 62.8 Å². The van der Waals surface area contributed by atoms with Crippen molar-refractivity contribution >= 4 is 182 Å². The number of hydrogen-bond donors (Lipinski definition) is 0. The summed E-state index contributed by atoms with van der Waals surface area (Å²) in [5.74, 6) is 0. The minimum Gasteiger partial charge on any atom is -0.456 e. The first-order chi connectivity index (χ1) is 28.6. The van der Waals surface area contributed by atoms with Crippen molar-refractivity contribution in [2.24, 2.45) is 0 Å². The van der Waals surface area contributed by atoms with Gasteiger partial charge in [-0.2, -0.15) is 0 Å². The molecule has 59 heavy (non-hydrogen) atoms. The Kier molecular flexibility index (Phi) is 8.02. The molecular weight excluding hydrogens is 703 g/mol. The number of rotatable bonds is 3. The maximum Gasteiger partial charge on any atom is 0.139 e. The topological polar surface area (TPSA) is 13.1 Å². The van der Waals surface area contributed by atoms with E-state index in [0.29, 0.717) is 0 Å². The van der Waals surface area contributed by atoms with Crippen LogP contribution in [0.1, 0.15) is 0 Å². The second-order valence-electron chi connectivity index (χ2n) is 17.0. The summed E-state index contributed by atoms with van der Waals surface area (Å²) in [5.41, 5.74) is 20.3. The van der Waals surface area contributed by atoms with Crippen LogP contribution >= 0.6 is 0 Å². The third-order valence-electron chi connectivity index (χ3n) is 14.2. The van der Waals surface area contributed by atoms with Crippen molar-refractivity contribution in [2.75, 3.05) is 0 Å². The van der Waals surface area contributed by atoms with E-state index in [4.69, 9.17) is 4.42 Å². The molecule has 10 aromatic carbocycles. The van der Waals surface area contributed by atoms with Crippen LogP contribution in [0.3, 0.4) is 0 Å². The summed E-state index contributed by atoms with van der Waals surface area (Å²) >= 11 is 0. The summed E-state index contributed by atoms with van der Waals surface area (Å²) in [6, 6.07) is 49.4. The van der Waals surface area contributed by atoms with Gasteiger partial charge in [-0.25, -0.2) is 0 Å². The van der Waals surface area contributed by atoms with Crippen LogP contribution in [0.2, 0.25) is 0 Å². The summed E-state index contributed by atoms with van der Waals surface area (Å²) in [7, 11) is 18.7. The van der Waals surface area contributed by atoms with Gasteiger partial charge in [0.2, 0.25) is 0 Å². The third-order valence-corrected chi connectivity index (χ3v) is 14.2. The molecule has 9 heteroatoms. The lowest BCUT2D eigenvalue weighted by Gasteiger charge is -2.28. The van der Waals surface area contributed by atoms with Crippen LogP contribution in [0.25, 0.3) is 109 Å². The van der Waals surface area contributed by atoms with Gasteiger partial charge in [-0.3, -0.25) is 0 Å². The van der Waals surface area contributed by atoms with Crippen molar-refractivity contribution in [1.29, 1.82) is 0 Å². The normalized spacial score (nSPS) is 11.9. The molecule has 0 atom stereocenters. The van der Waals surface area contributed by atoms with Gasteiger partial charge in [0.1, 0.15) is 73.9 Å². The Morgan fingerprint density at radius 2 is 0.763 bits per heavy atom. The van der Waals surface area contributed by atoms with E-state index in [1.807, 2.05) is 0 Å². The number of benzene rings is 10. The fraction of sp³-hybridized carbons (Fsp3) is 0. The fourth-order valence-electron chi connectivity index (χ4n) is 10.5. The predicted molar refractivity (Wildman–Crippen MR) is 283 cm³/mol. The molecule has 0 aliphatic heterocycles. The van der Waals surface area contributed by atoms with Crippen LogP contribution in [0.5, 0.6) is 0 Å². The van der Waals surface area contributed by atoms with Gasteiger partial charge in [0.15, 0.2) is 0 Å². The molecular formula is C50H38B8O. The number of hydrogen-bond acceptors (Lipinski definition) is 1. The zero-order chi connectivity index (χ0) is 40.4. The molecule has 0 fully saturated rings. The molecule has 0 aliphatic rings. The van der Waals surface area contributed by atoms with Gasteiger partial charge >= 0.3 is 0 Å². The van der Waals surface area contributed by atoms with Crippen LogP contribution in [-0.2, 0) is 0 Å². The Balaban J connectivity index is 1.28. The first kappa shape index (κ1) is 35.9. The molecule has 11 aromatic rings. The SMILES string of the molecule is Bc1c(B)c(B)c2c(-c3ccc4oc5cc6ccccc6cc5c4c3)c3c(B)c(B)c(B)c(B)c3c(-c3cccc(-c4cc5ccccc5c5ccccc45)c3)c2c1B. The maximum absolute atomic E-state index is 6.56. The standard InChI is InChI=1S/C50H38B8O/c51-43-39-37(27-12-7-11-25(18-27)32-20-26-10-3-4-13-29(26)30-14-5-6-15-31(30)32)40-42(46(54)50(58)48(56)44(40)52)38(41(39)45(53)49(57)47(43)55)28-16-17-35-33(21-28)34-19-23-8-1-2-9-24(23)22-36(34)59-35/h1-22H,51-58H2. The zero-order valence-electron chi connectivity index (χ0n) is 35.1. The molecule has 0 saturated heterocycles. The van der Waals surface area contributed by atoms with E-state index in [2.05, 4.69) is 196 Å². The molecule has 0 aliphatic carbocycles. The number of fused-ring (bicyclic) bond motifs is 9. The highest BCUT2D eigenvalue weighted by atomic mass is 16.3. The average molecular weight is 741 g/mol. The third kappa shape index (κ3) is 5.16. The number of furan rings is 1. The van der Waals surface area contributed by atoms with Crippen LogP contribution in [0.15, 0.2) is 138 Å². The predicted octanol–water partition coefficient (Wildman–Crippen LogP) is 0.420. The zero-order valence-corrected chi connectivity index (χ0v) is 35.1. The van der Waals surface area contributed by atoms with Gasteiger partial charge in [0.25, 0.3) is 0 Å². The van der Waals surface area contributed by atoms with Crippen molar-refractivity contribution in [3.05, 3.63) is 133 Å². The molecule has 1 heterocycles. The molecule has 1 aromatic heterocycles. The molecule has 0 bridgehead atoms. The van der Waals surface area contributed by atoms with Crippen molar-refractivity contribution in [3.63, 3.8) is 0 Å². The Labute approximate surface area is 351 Å². The van der Waals surface area contributed by atoms with Crippen molar-refractivity contribution in [1.82, 2.24) is 0 Å². The molecule has 0 saturated carbocycles. The Hall–Kier alpha value is -6.18. The molecule has 11 rings (SSSR count). The second-order valence-corrected chi connectivity index (χ2v) is 17.0. The summed E-state index contributed by atoms with van der Waals surface area (Å²) in [6.07, 6.45) is 0. The van der Waals surface area contributed by atoms with E-state index in [9.17, 15) is 0 Å². The highest BCUT2D eigenvalue weighted by Crippen LogP contribution is 2.44. The van der Waals surface area contributed by atoms with E-state index < -0.39 is 0 Å². The lowest BCUT2D eigenvalue weighted by molar-refractivity contribution is 0.669. The summed E-state index contributed by atoms with van der Waals surface area (Å²) in [5, 5.41) is 15.2. The lowest BCUT2D eigenvalue weighted by atomic mass is 9.59. The summed E-state index contributed by atoms with van der Waals surface area (Å²) < 4.78 is 6.56. The van der Waals surface area contributed by atoms with Gasteiger partial charge in [-0.15, -0.1) is 21.9 Å². The lowest BCUT2D eigenvalue weighted by Crippen LogP contribution is -2.50. The monoisotopic (exact) mass is 742 g/mol. The molecule has 0 unspecified atom stereocenters. The van der Waals surface area contributed by atoms with Crippen LogP contribution < -0.4 is 43.7 Å². The molecule has 0 N–H and O–H groups in total. The van der Waals surface area contributed by atoms with Gasteiger partial charge < -0.3 is 4.42 Å². The van der Waals surface area contributed by atoms with Crippen molar-refractivity contribution in [3.8, 4) is 33.4 Å². The van der Waals surface area contributed by atoms with Gasteiger partial charge in [-0.1, -0.05) is 119 Å². The van der Waals surface area contributed by atoms with E-state index in [-0.39, 0.29) is 0 Å². The second kappa shape index (κ2) is 13.2. The van der Waals surface area contributed by atoms with E-state index in [1.165, 1.54) is 131 Å². The van der Waals surface area contributed by atoms with Gasteiger partial charge in [0.05, 0.1) is 0 Å². The molecule has 1 nitrogen and oxygen atoms in total. The van der Waals surface area contributed by atoms with Crippen LogP contribution in [0, 0.1) is 0 Å². The molecule has 0 amide bonds. The maximum atomic E-state index is 6.56. The summed E-state index contributed by atoms with van der Waals surface area (Å²) in [4.78, 5) is 0. The van der Waals surface area contributed by atoms with Gasteiger partial charge in [-0.05, 0) is 124 Å². The Morgan fingerprint density at radius 3 is 1.37 bits per heavy atom. The van der Waals surface area contributed by atoms with Crippen LogP contribution in [0.4, 0.5) is 0 Å². The Morgan fingerprint density at radius 1 is 0.288 bits per heavy atom. The molecule has 268 valence electrons. The molecule has 0 spiro atoms. The van der Waals surface area contributed by atoms with E-state index in [1.54, 1.807) is 0 Å². The highest BCUT2D eigenvalue weighted by molar-refractivity contribution is 6.71. The van der Waals surface area contributed by atoms with E-state index in [0.717, 1.165) is 21.9 Å². The smallest absolute Gasteiger partial charge is 0.139 e. The molecule has 0 radical (unpaired) electrons. The van der Waals surface area contributed by atoms with Crippen molar-refractivity contribution < 1.29 is 4.42 Å². The highest BCUT2D eigenvalue weighted by Gasteiger charge is 2.26. The first-order valence-corrected chi connectivity index (χ1v) is 20.9. The minimum absolute atomic E-state index is 0.919. The summed E-state index contributed by atoms with van der Waals surface area (Å²) in [6.45, 7) is 0. The largest absolute Gasteiger partial charge is 0.456 e. The quantitative estimate of drug-likeness (QED) is 0.146. The van der Waals surface area contributed by atoms with Gasteiger partial charge in [0, 0.05) is 10.8 Å². The Bertz CT molecular complexity index is 3580. The minimum atomic E-state index is 0.919. The average Bonchev–Trinajstić information content (AvgIpc) is 3.63. The van der Waals surface area contributed by atoms with E-state index >= 15 is 0 Å². The first-order valence-electron chi connectivity index (χ1n) is 20.9. The van der Waals surface area contributed by atoms with Crippen molar-refractivity contribution in [2.45, 2.75) is 0 Å².